The molecular formula is C10H16N2OS. The van der Waals surface area contributed by atoms with E-state index >= 15 is 0 Å². The third kappa shape index (κ3) is 4.39. The normalized spacial score (nSPS) is 10.1. The number of nitrogens with two attached hydrogens (primary N) is 1. The van der Waals surface area contributed by atoms with Crippen LogP contribution in [0.1, 0.15) is 17.7 Å². The number of amides is 1. The Bertz CT molecular complexity index is 259. The highest BCUT2D eigenvalue weighted by Gasteiger charge is 1.99. The Morgan fingerprint density at radius 1 is 1.57 bits per heavy atom. The number of nitrogens with one attached hydrogen (secondary N) is 1. The minimum Gasteiger partial charge on any atom is -0.356 e. The van der Waals surface area contributed by atoms with Crippen molar-refractivity contribution in [2.75, 3.05) is 13.1 Å². The first-order valence-corrected chi connectivity index (χ1v) is 5.70. The van der Waals surface area contributed by atoms with E-state index in [1.165, 1.54) is 4.88 Å². The van der Waals surface area contributed by atoms with Crippen molar-refractivity contribution in [2.45, 2.75) is 19.3 Å². The van der Waals surface area contributed by atoms with E-state index in [2.05, 4.69) is 11.4 Å². The molecule has 1 rings (SSSR count). The van der Waals surface area contributed by atoms with Crippen LogP contribution in [0.25, 0.3) is 0 Å². The second kappa shape index (κ2) is 6.56. The molecule has 0 aliphatic rings. The summed E-state index contributed by atoms with van der Waals surface area (Å²) in [5, 5.41) is 4.92. The topological polar surface area (TPSA) is 55.1 Å². The molecule has 1 amide bonds. The minimum atomic E-state index is 0.104. The summed E-state index contributed by atoms with van der Waals surface area (Å²) in [6, 6.07) is 4.10. The van der Waals surface area contributed by atoms with Crippen molar-refractivity contribution in [1.82, 2.24) is 5.32 Å². The van der Waals surface area contributed by atoms with Crippen molar-refractivity contribution in [1.29, 1.82) is 0 Å². The molecule has 0 unspecified atom stereocenters. The summed E-state index contributed by atoms with van der Waals surface area (Å²) < 4.78 is 0. The Kier molecular flexibility index (Phi) is 5.25. The van der Waals surface area contributed by atoms with Gasteiger partial charge in [-0.2, -0.15) is 0 Å². The molecule has 0 atom stereocenters. The first-order valence-electron chi connectivity index (χ1n) is 4.82. The first kappa shape index (κ1) is 11.2. The molecule has 3 nitrogen and oxygen atoms in total. The lowest BCUT2D eigenvalue weighted by molar-refractivity contribution is -0.121. The van der Waals surface area contributed by atoms with E-state index in [1.54, 1.807) is 11.3 Å². The second-order valence-electron chi connectivity index (χ2n) is 3.07. The Morgan fingerprint density at radius 3 is 3.07 bits per heavy atom. The van der Waals surface area contributed by atoms with Crippen LogP contribution in [0.15, 0.2) is 17.5 Å². The molecule has 4 heteroatoms. The third-order valence-electron chi connectivity index (χ3n) is 1.88. The van der Waals surface area contributed by atoms with E-state index in [9.17, 15) is 4.79 Å². The van der Waals surface area contributed by atoms with Crippen molar-refractivity contribution in [3.8, 4) is 0 Å². The smallest absolute Gasteiger partial charge is 0.220 e. The van der Waals surface area contributed by atoms with Gasteiger partial charge in [-0.05, 0) is 30.8 Å². The highest BCUT2D eigenvalue weighted by Crippen LogP contribution is 2.07. The molecule has 1 heterocycles. The second-order valence-corrected chi connectivity index (χ2v) is 4.10. The van der Waals surface area contributed by atoms with Crippen LogP contribution in [0, 0.1) is 0 Å². The van der Waals surface area contributed by atoms with Gasteiger partial charge in [-0.1, -0.05) is 6.07 Å². The van der Waals surface area contributed by atoms with Crippen molar-refractivity contribution in [2.24, 2.45) is 5.73 Å². The standard InChI is InChI=1S/C10H16N2OS/c11-6-1-4-10(13)12-7-5-9-3-2-8-14-9/h2-3,8H,1,4-7,11H2,(H,12,13). The number of carbonyl (C=O) groups is 1. The Balaban J connectivity index is 2.06. The molecule has 78 valence electrons. The zero-order valence-corrected chi connectivity index (χ0v) is 8.98. The molecule has 0 saturated heterocycles. The summed E-state index contributed by atoms with van der Waals surface area (Å²) in [6.45, 7) is 1.31. The van der Waals surface area contributed by atoms with Gasteiger partial charge in [-0.3, -0.25) is 4.79 Å². The van der Waals surface area contributed by atoms with Crippen LogP contribution in [0.2, 0.25) is 0 Å². The number of carbonyl (C=O) groups excluding carboxylic acids is 1. The monoisotopic (exact) mass is 212 g/mol. The van der Waals surface area contributed by atoms with E-state index in [0.717, 1.165) is 19.4 Å². The molecule has 0 aliphatic carbocycles. The molecule has 0 aliphatic heterocycles. The first-order chi connectivity index (χ1) is 6.83. The maximum absolute atomic E-state index is 11.2. The lowest BCUT2D eigenvalue weighted by Crippen LogP contribution is -2.25. The van der Waals surface area contributed by atoms with Crippen LogP contribution in [-0.2, 0) is 11.2 Å². The average Bonchev–Trinajstić information content (AvgIpc) is 2.67. The van der Waals surface area contributed by atoms with Gasteiger partial charge in [-0.15, -0.1) is 11.3 Å². The molecule has 1 aromatic rings. The van der Waals surface area contributed by atoms with Gasteiger partial charge in [0, 0.05) is 17.8 Å². The fraction of sp³-hybridized carbons (Fsp3) is 0.500. The number of hydrogen-bond acceptors (Lipinski definition) is 3. The SMILES string of the molecule is NCCCC(=O)NCCc1cccs1. The summed E-state index contributed by atoms with van der Waals surface area (Å²) in [5.41, 5.74) is 5.30. The van der Waals surface area contributed by atoms with Gasteiger partial charge in [0.15, 0.2) is 0 Å². The van der Waals surface area contributed by atoms with Gasteiger partial charge in [0.05, 0.1) is 0 Å². The molecular weight excluding hydrogens is 196 g/mol. The highest BCUT2D eigenvalue weighted by molar-refractivity contribution is 7.09. The molecule has 0 radical (unpaired) electrons. The zero-order valence-electron chi connectivity index (χ0n) is 8.16. The average molecular weight is 212 g/mol. The van der Waals surface area contributed by atoms with E-state index in [-0.39, 0.29) is 5.91 Å². The number of hydrogen-bond donors (Lipinski definition) is 2. The molecule has 0 bridgehead atoms. The van der Waals surface area contributed by atoms with Gasteiger partial charge in [0.1, 0.15) is 0 Å². The lowest BCUT2D eigenvalue weighted by atomic mass is 10.3. The quantitative estimate of drug-likeness (QED) is 0.743. The minimum absolute atomic E-state index is 0.104. The lowest BCUT2D eigenvalue weighted by Gasteiger charge is -2.02. The highest BCUT2D eigenvalue weighted by atomic mass is 32.1. The summed E-state index contributed by atoms with van der Waals surface area (Å²) >= 11 is 1.72. The molecule has 0 aromatic carbocycles. The van der Waals surface area contributed by atoms with Gasteiger partial charge >= 0.3 is 0 Å². The van der Waals surface area contributed by atoms with E-state index < -0.39 is 0 Å². The Morgan fingerprint density at radius 2 is 2.43 bits per heavy atom. The van der Waals surface area contributed by atoms with Gasteiger partial charge < -0.3 is 11.1 Å². The predicted octanol–water partition coefficient (Wildman–Crippen LogP) is 1.15. The fourth-order valence-corrected chi connectivity index (χ4v) is 1.84. The summed E-state index contributed by atoms with van der Waals surface area (Å²) in [7, 11) is 0. The fourth-order valence-electron chi connectivity index (χ4n) is 1.13. The number of rotatable bonds is 6. The molecule has 0 fully saturated rings. The van der Waals surface area contributed by atoms with Crippen LogP contribution in [-0.4, -0.2) is 19.0 Å². The van der Waals surface area contributed by atoms with Crippen LogP contribution in [0.5, 0.6) is 0 Å². The van der Waals surface area contributed by atoms with E-state index in [1.807, 2.05) is 11.4 Å². The Labute approximate surface area is 88.3 Å². The largest absolute Gasteiger partial charge is 0.356 e. The van der Waals surface area contributed by atoms with Gasteiger partial charge in [0.2, 0.25) is 5.91 Å². The predicted molar refractivity (Wildman–Crippen MR) is 59.3 cm³/mol. The maximum atomic E-state index is 11.2. The van der Waals surface area contributed by atoms with Crippen LogP contribution < -0.4 is 11.1 Å². The van der Waals surface area contributed by atoms with Crippen molar-refractivity contribution in [3.63, 3.8) is 0 Å². The van der Waals surface area contributed by atoms with Crippen molar-refractivity contribution in [3.05, 3.63) is 22.4 Å². The number of thiophene rings is 1. The maximum Gasteiger partial charge on any atom is 0.220 e. The van der Waals surface area contributed by atoms with Gasteiger partial charge in [-0.25, -0.2) is 0 Å². The molecule has 0 spiro atoms. The van der Waals surface area contributed by atoms with E-state index in [0.29, 0.717) is 13.0 Å². The van der Waals surface area contributed by atoms with Crippen LogP contribution >= 0.6 is 11.3 Å². The Hall–Kier alpha value is -0.870. The summed E-state index contributed by atoms with van der Waals surface area (Å²) in [4.78, 5) is 12.5. The van der Waals surface area contributed by atoms with E-state index in [4.69, 9.17) is 5.73 Å². The molecule has 1 aromatic heterocycles. The molecule has 3 N–H and O–H groups in total. The van der Waals surface area contributed by atoms with Crippen molar-refractivity contribution < 1.29 is 4.79 Å². The summed E-state index contributed by atoms with van der Waals surface area (Å²) in [6.07, 6.45) is 2.23. The molecule has 14 heavy (non-hydrogen) atoms. The van der Waals surface area contributed by atoms with Gasteiger partial charge in [0.25, 0.3) is 0 Å². The van der Waals surface area contributed by atoms with Crippen molar-refractivity contribution >= 4 is 17.2 Å². The molecule has 0 saturated carbocycles. The summed E-state index contributed by atoms with van der Waals surface area (Å²) in [5.74, 6) is 0.104. The zero-order chi connectivity index (χ0) is 10.2. The third-order valence-corrected chi connectivity index (χ3v) is 2.82. The van der Waals surface area contributed by atoms with Crippen LogP contribution in [0.4, 0.5) is 0 Å². The van der Waals surface area contributed by atoms with Crippen LogP contribution in [0.3, 0.4) is 0 Å².